The number of nitrogens with one attached hydrogen (secondary N) is 1. The number of amides is 1. The van der Waals surface area contributed by atoms with Crippen molar-refractivity contribution < 1.29 is 9.21 Å². The SMILES string of the molecule is Cc1c(NC(=O)c2occc2Br)cnn1C1CCCC1. The van der Waals surface area contributed by atoms with E-state index in [1.807, 2.05) is 11.6 Å². The molecular formula is C14H16BrN3O2. The molecule has 0 spiro atoms. The van der Waals surface area contributed by atoms with Crippen LogP contribution in [-0.2, 0) is 0 Å². The number of hydrogen-bond acceptors (Lipinski definition) is 3. The van der Waals surface area contributed by atoms with Crippen molar-refractivity contribution in [1.29, 1.82) is 0 Å². The summed E-state index contributed by atoms with van der Waals surface area (Å²) in [4.78, 5) is 12.1. The van der Waals surface area contributed by atoms with Gasteiger partial charge in [-0.15, -0.1) is 0 Å². The molecule has 2 heterocycles. The van der Waals surface area contributed by atoms with E-state index in [0.717, 1.165) is 11.4 Å². The Hall–Kier alpha value is -1.56. The van der Waals surface area contributed by atoms with Gasteiger partial charge in [0.25, 0.3) is 5.91 Å². The molecule has 0 aromatic carbocycles. The molecule has 0 aliphatic heterocycles. The molecule has 5 nitrogen and oxygen atoms in total. The maximum absolute atomic E-state index is 12.1. The maximum Gasteiger partial charge on any atom is 0.292 e. The van der Waals surface area contributed by atoms with Gasteiger partial charge in [0, 0.05) is 0 Å². The Labute approximate surface area is 125 Å². The molecule has 1 amide bonds. The molecule has 1 aliphatic rings. The van der Waals surface area contributed by atoms with Crippen LogP contribution in [0.2, 0.25) is 0 Å². The van der Waals surface area contributed by atoms with Gasteiger partial charge in [-0.1, -0.05) is 12.8 Å². The first-order valence-corrected chi connectivity index (χ1v) is 7.54. The molecule has 0 unspecified atom stereocenters. The third-order valence-corrected chi connectivity index (χ3v) is 4.41. The molecule has 1 N–H and O–H groups in total. The van der Waals surface area contributed by atoms with Crippen molar-refractivity contribution >= 4 is 27.5 Å². The van der Waals surface area contributed by atoms with Gasteiger partial charge in [0.2, 0.25) is 5.76 Å². The minimum absolute atomic E-state index is 0.268. The quantitative estimate of drug-likeness (QED) is 0.923. The topological polar surface area (TPSA) is 60.1 Å². The van der Waals surface area contributed by atoms with Crippen LogP contribution in [-0.4, -0.2) is 15.7 Å². The first-order chi connectivity index (χ1) is 9.66. The van der Waals surface area contributed by atoms with Crippen LogP contribution < -0.4 is 5.32 Å². The van der Waals surface area contributed by atoms with Crippen molar-refractivity contribution in [2.75, 3.05) is 5.32 Å². The molecule has 106 valence electrons. The highest BCUT2D eigenvalue weighted by Gasteiger charge is 2.22. The summed E-state index contributed by atoms with van der Waals surface area (Å²) in [7, 11) is 0. The molecule has 0 bridgehead atoms. The predicted octanol–water partition coefficient (Wildman–Crippen LogP) is 3.91. The van der Waals surface area contributed by atoms with Crippen LogP contribution in [0.15, 0.2) is 27.4 Å². The maximum atomic E-state index is 12.1. The van der Waals surface area contributed by atoms with Gasteiger partial charge < -0.3 is 9.73 Å². The third kappa shape index (κ3) is 2.40. The van der Waals surface area contributed by atoms with Crippen LogP contribution in [0.1, 0.15) is 48.0 Å². The van der Waals surface area contributed by atoms with E-state index >= 15 is 0 Å². The fraction of sp³-hybridized carbons (Fsp3) is 0.429. The van der Waals surface area contributed by atoms with Crippen LogP contribution in [0, 0.1) is 6.92 Å². The zero-order chi connectivity index (χ0) is 14.1. The monoisotopic (exact) mass is 337 g/mol. The number of anilines is 1. The summed E-state index contributed by atoms with van der Waals surface area (Å²) in [6.07, 6.45) is 8.03. The number of furan rings is 1. The zero-order valence-corrected chi connectivity index (χ0v) is 12.8. The largest absolute Gasteiger partial charge is 0.458 e. The van der Waals surface area contributed by atoms with Crippen molar-refractivity contribution in [3.05, 3.63) is 34.5 Å². The van der Waals surface area contributed by atoms with Crippen LogP contribution in [0.25, 0.3) is 0 Å². The summed E-state index contributed by atoms with van der Waals surface area (Å²) in [6.45, 7) is 1.98. The number of halogens is 1. The molecule has 1 saturated carbocycles. The molecular weight excluding hydrogens is 322 g/mol. The lowest BCUT2D eigenvalue weighted by atomic mass is 10.2. The van der Waals surface area contributed by atoms with Crippen molar-refractivity contribution in [1.82, 2.24) is 9.78 Å². The van der Waals surface area contributed by atoms with Crippen LogP contribution in [0.5, 0.6) is 0 Å². The molecule has 2 aromatic heterocycles. The summed E-state index contributed by atoms with van der Waals surface area (Å²) in [6, 6.07) is 2.17. The van der Waals surface area contributed by atoms with E-state index in [2.05, 4.69) is 26.3 Å². The Balaban J connectivity index is 1.78. The van der Waals surface area contributed by atoms with E-state index in [1.54, 1.807) is 12.3 Å². The number of carbonyl (C=O) groups excluding carboxylic acids is 1. The Morgan fingerprint density at radius 2 is 2.25 bits per heavy atom. The molecule has 3 rings (SSSR count). The highest BCUT2D eigenvalue weighted by molar-refractivity contribution is 9.10. The van der Waals surface area contributed by atoms with Crippen molar-refractivity contribution in [3.63, 3.8) is 0 Å². The lowest BCUT2D eigenvalue weighted by Crippen LogP contribution is -2.13. The fourth-order valence-electron chi connectivity index (χ4n) is 2.70. The molecule has 1 fully saturated rings. The van der Waals surface area contributed by atoms with E-state index in [-0.39, 0.29) is 11.7 Å². The zero-order valence-electron chi connectivity index (χ0n) is 11.2. The second-order valence-corrected chi connectivity index (χ2v) is 5.93. The molecule has 0 saturated heterocycles. The Morgan fingerprint density at radius 1 is 1.50 bits per heavy atom. The van der Waals surface area contributed by atoms with Crippen LogP contribution in [0.4, 0.5) is 5.69 Å². The van der Waals surface area contributed by atoms with Gasteiger partial charge in [0.1, 0.15) is 0 Å². The summed E-state index contributed by atoms with van der Waals surface area (Å²) in [5, 5.41) is 7.27. The van der Waals surface area contributed by atoms with Gasteiger partial charge in [0.15, 0.2) is 0 Å². The van der Waals surface area contributed by atoms with Crippen molar-refractivity contribution in [3.8, 4) is 0 Å². The summed E-state index contributed by atoms with van der Waals surface area (Å²) in [5.74, 6) is 0.00830. The highest BCUT2D eigenvalue weighted by Crippen LogP contribution is 2.31. The van der Waals surface area contributed by atoms with Crippen molar-refractivity contribution in [2.45, 2.75) is 38.6 Å². The smallest absolute Gasteiger partial charge is 0.292 e. The Kier molecular flexibility index (Phi) is 3.65. The second-order valence-electron chi connectivity index (χ2n) is 5.08. The minimum atomic E-state index is -0.268. The predicted molar refractivity (Wildman–Crippen MR) is 78.8 cm³/mol. The normalized spacial score (nSPS) is 15.7. The van der Waals surface area contributed by atoms with Crippen LogP contribution >= 0.6 is 15.9 Å². The number of hydrogen-bond donors (Lipinski definition) is 1. The van der Waals surface area contributed by atoms with E-state index in [1.165, 1.54) is 31.9 Å². The molecule has 2 aromatic rings. The standard InChI is InChI=1S/C14H16BrN3O2/c1-9-12(8-16-18(9)10-4-2-3-5-10)17-14(19)13-11(15)6-7-20-13/h6-8,10H,2-5H2,1H3,(H,17,19). The van der Waals surface area contributed by atoms with Gasteiger partial charge >= 0.3 is 0 Å². The Morgan fingerprint density at radius 3 is 2.90 bits per heavy atom. The van der Waals surface area contributed by atoms with E-state index < -0.39 is 0 Å². The van der Waals surface area contributed by atoms with Gasteiger partial charge in [-0.2, -0.15) is 5.10 Å². The molecule has 6 heteroatoms. The van der Waals surface area contributed by atoms with Crippen molar-refractivity contribution in [2.24, 2.45) is 0 Å². The van der Waals surface area contributed by atoms with Gasteiger partial charge in [-0.05, 0) is 41.8 Å². The lowest BCUT2D eigenvalue weighted by Gasteiger charge is -2.12. The second kappa shape index (κ2) is 5.44. The summed E-state index contributed by atoms with van der Waals surface area (Å²) >= 11 is 3.28. The van der Waals surface area contributed by atoms with E-state index in [4.69, 9.17) is 4.42 Å². The molecule has 20 heavy (non-hydrogen) atoms. The minimum Gasteiger partial charge on any atom is -0.458 e. The Bertz CT molecular complexity index is 626. The highest BCUT2D eigenvalue weighted by atomic mass is 79.9. The average molecular weight is 338 g/mol. The average Bonchev–Trinajstić information content (AvgIpc) is 3.12. The fourth-order valence-corrected chi connectivity index (χ4v) is 3.08. The molecule has 0 radical (unpaired) electrons. The number of carbonyl (C=O) groups is 1. The molecule has 1 aliphatic carbocycles. The van der Waals surface area contributed by atoms with E-state index in [0.29, 0.717) is 10.5 Å². The number of nitrogens with zero attached hydrogens (tertiary/aromatic N) is 2. The molecule has 0 atom stereocenters. The third-order valence-electron chi connectivity index (χ3n) is 3.79. The van der Waals surface area contributed by atoms with Gasteiger partial charge in [-0.3, -0.25) is 9.48 Å². The number of aromatic nitrogens is 2. The van der Waals surface area contributed by atoms with Gasteiger partial charge in [-0.25, -0.2) is 0 Å². The van der Waals surface area contributed by atoms with Crippen LogP contribution in [0.3, 0.4) is 0 Å². The summed E-state index contributed by atoms with van der Waals surface area (Å²) < 4.78 is 7.84. The van der Waals surface area contributed by atoms with Gasteiger partial charge in [0.05, 0.1) is 34.4 Å². The number of rotatable bonds is 3. The lowest BCUT2D eigenvalue weighted by molar-refractivity contribution is 0.0995. The van der Waals surface area contributed by atoms with E-state index in [9.17, 15) is 4.79 Å². The summed E-state index contributed by atoms with van der Waals surface area (Å²) in [5.41, 5.74) is 1.73. The first-order valence-electron chi connectivity index (χ1n) is 6.75. The first kappa shape index (κ1) is 13.4.